The minimum atomic E-state index is 0.147. The highest BCUT2D eigenvalue weighted by molar-refractivity contribution is 7.98. The summed E-state index contributed by atoms with van der Waals surface area (Å²) in [5.41, 5.74) is 0.791. The predicted octanol–water partition coefficient (Wildman–Crippen LogP) is 1.45. The molecule has 0 aromatic heterocycles. The number of piperazine rings is 1. The van der Waals surface area contributed by atoms with Crippen molar-refractivity contribution in [3.8, 4) is 0 Å². The summed E-state index contributed by atoms with van der Waals surface area (Å²) >= 11 is 1.69. The molecule has 0 unspecified atom stereocenters. The first kappa shape index (κ1) is 11.5. The minimum absolute atomic E-state index is 0.147. The van der Waals surface area contributed by atoms with E-state index in [2.05, 4.69) is 5.32 Å². The summed E-state index contributed by atoms with van der Waals surface area (Å²) in [5.74, 6) is 0.147. The number of carbonyl (C=O) groups is 1. The second-order valence-electron chi connectivity index (χ2n) is 3.77. The Morgan fingerprint density at radius 3 is 2.44 bits per heavy atom. The molecule has 1 aliphatic heterocycles. The zero-order valence-electron chi connectivity index (χ0n) is 9.40. The van der Waals surface area contributed by atoms with E-state index in [4.69, 9.17) is 0 Å². The number of nitrogens with one attached hydrogen (secondary N) is 1. The molecule has 3 nitrogen and oxygen atoms in total. The van der Waals surface area contributed by atoms with Crippen LogP contribution in [0, 0.1) is 0 Å². The fourth-order valence-corrected chi connectivity index (χ4v) is 2.19. The summed E-state index contributed by atoms with van der Waals surface area (Å²) in [5, 5.41) is 3.24. The summed E-state index contributed by atoms with van der Waals surface area (Å²) in [6.07, 6.45) is 2.03. The molecule has 1 heterocycles. The predicted molar refractivity (Wildman–Crippen MR) is 67.0 cm³/mol. The highest BCUT2D eigenvalue weighted by Crippen LogP contribution is 2.16. The van der Waals surface area contributed by atoms with Gasteiger partial charge in [0.1, 0.15) is 0 Å². The van der Waals surface area contributed by atoms with Gasteiger partial charge in [-0.3, -0.25) is 4.79 Å². The van der Waals surface area contributed by atoms with Crippen molar-refractivity contribution in [2.45, 2.75) is 4.90 Å². The lowest BCUT2D eigenvalue weighted by atomic mass is 10.2. The van der Waals surface area contributed by atoms with Crippen molar-refractivity contribution in [2.24, 2.45) is 0 Å². The van der Waals surface area contributed by atoms with Crippen LogP contribution in [0.3, 0.4) is 0 Å². The second-order valence-corrected chi connectivity index (χ2v) is 4.65. The molecule has 1 N–H and O–H groups in total. The normalized spacial score (nSPS) is 16.2. The van der Waals surface area contributed by atoms with E-state index in [0.29, 0.717) is 0 Å². The van der Waals surface area contributed by atoms with Gasteiger partial charge in [0.25, 0.3) is 5.91 Å². The molecule has 1 fully saturated rings. The third kappa shape index (κ3) is 2.57. The Hall–Kier alpha value is -1.00. The summed E-state index contributed by atoms with van der Waals surface area (Å²) in [4.78, 5) is 15.2. The largest absolute Gasteiger partial charge is 0.336 e. The first-order chi connectivity index (χ1) is 7.81. The van der Waals surface area contributed by atoms with Gasteiger partial charge in [-0.25, -0.2) is 0 Å². The Morgan fingerprint density at radius 1 is 1.25 bits per heavy atom. The molecule has 0 bridgehead atoms. The molecule has 0 atom stereocenters. The summed E-state index contributed by atoms with van der Waals surface area (Å²) in [6.45, 7) is 3.41. The van der Waals surface area contributed by atoms with Gasteiger partial charge in [-0.2, -0.15) is 0 Å². The van der Waals surface area contributed by atoms with E-state index in [-0.39, 0.29) is 5.91 Å². The SMILES string of the molecule is CSc1ccc(C(=O)N2CCNCC2)cc1. The van der Waals surface area contributed by atoms with Gasteiger partial charge in [-0.05, 0) is 30.5 Å². The average Bonchev–Trinajstić information content (AvgIpc) is 2.39. The van der Waals surface area contributed by atoms with Crippen LogP contribution in [0.2, 0.25) is 0 Å². The highest BCUT2D eigenvalue weighted by Gasteiger charge is 2.17. The van der Waals surface area contributed by atoms with Crippen molar-refractivity contribution in [2.75, 3.05) is 32.4 Å². The van der Waals surface area contributed by atoms with Crippen LogP contribution in [0.4, 0.5) is 0 Å². The Bertz CT molecular complexity index is 358. The van der Waals surface area contributed by atoms with E-state index in [1.807, 2.05) is 35.4 Å². The van der Waals surface area contributed by atoms with E-state index in [1.165, 1.54) is 4.90 Å². The van der Waals surface area contributed by atoms with Crippen LogP contribution >= 0.6 is 11.8 Å². The molecule has 86 valence electrons. The molecule has 1 aromatic carbocycles. The van der Waals surface area contributed by atoms with Crippen LogP contribution in [0.15, 0.2) is 29.2 Å². The van der Waals surface area contributed by atoms with Gasteiger partial charge in [0.2, 0.25) is 0 Å². The van der Waals surface area contributed by atoms with Crippen LogP contribution in [-0.4, -0.2) is 43.2 Å². The molecular formula is C12H16N2OS. The number of benzene rings is 1. The zero-order valence-corrected chi connectivity index (χ0v) is 10.2. The van der Waals surface area contributed by atoms with E-state index < -0.39 is 0 Å². The summed E-state index contributed by atoms with van der Waals surface area (Å²) in [6, 6.07) is 7.83. The molecule has 2 rings (SSSR count). The lowest BCUT2D eigenvalue weighted by molar-refractivity contribution is 0.0736. The van der Waals surface area contributed by atoms with Crippen LogP contribution in [0.1, 0.15) is 10.4 Å². The van der Waals surface area contributed by atoms with Crippen molar-refractivity contribution in [1.29, 1.82) is 0 Å². The van der Waals surface area contributed by atoms with Crippen molar-refractivity contribution in [3.63, 3.8) is 0 Å². The number of hydrogen-bond donors (Lipinski definition) is 1. The van der Waals surface area contributed by atoms with Crippen molar-refractivity contribution in [3.05, 3.63) is 29.8 Å². The molecule has 0 saturated carbocycles. The molecule has 16 heavy (non-hydrogen) atoms. The monoisotopic (exact) mass is 236 g/mol. The van der Waals surface area contributed by atoms with Crippen LogP contribution in [0.25, 0.3) is 0 Å². The van der Waals surface area contributed by atoms with Crippen molar-refractivity contribution < 1.29 is 4.79 Å². The third-order valence-corrected chi connectivity index (χ3v) is 3.48. The Balaban J connectivity index is 2.07. The Morgan fingerprint density at radius 2 is 1.88 bits per heavy atom. The molecule has 1 amide bonds. The number of thioether (sulfide) groups is 1. The topological polar surface area (TPSA) is 32.3 Å². The Kier molecular flexibility index (Phi) is 3.85. The van der Waals surface area contributed by atoms with E-state index in [0.717, 1.165) is 31.7 Å². The summed E-state index contributed by atoms with van der Waals surface area (Å²) in [7, 11) is 0. The molecule has 4 heteroatoms. The standard InChI is InChI=1S/C12H16N2OS/c1-16-11-4-2-10(3-5-11)12(15)14-8-6-13-7-9-14/h2-5,13H,6-9H2,1H3. The van der Waals surface area contributed by atoms with Gasteiger partial charge in [-0.15, -0.1) is 11.8 Å². The lowest BCUT2D eigenvalue weighted by Crippen LogP contribution is -2.46. The molecule has 0 aliphatic carbocycles. The van der Waals surface area contributed by atoms with Crippen LogP contribution in [-0.2, 0) is 0 Å². The second kappa shape index (κ2) is 5.37. The van der Waals surface area contributed by atoms with E-state index >= 15 is 0 Å². The van der Waals surface area contributed by atoms with Gasteiger partial charge < -0.3 is 10.2 Å². The molecule has 0 spiro atoms. The quantitative estimate of drug-likeness (QED) is 0.789. The molecular weight excluding hydrogens is 220 g/mol. The fraction of sp³-hybridized carbons (Fsp3) is 0.417. The molecule has 1 aliphatic rings. The number of nitrogens with zero attached hydrogens (tertiary/aromatic N) is 1. The summed E-state index contributed by atoms with van der Waals surface area (Å²) < 4.78 is 0. The number of rotatable bonds is 2. The van der Waals surface area contributed by atoms with E-state index in [1.54, 1.807) is 11.8 Å². The average molecular weight is 236 g/mol. The van der Waals surface area contributed by atoms with Crippen LogP contribution < -0.4 is 5.32 Å². The smallest absolute Gasteiger partial charge is 0.253 e. The zero-order chi connectivity index (χ0) is 11.4. The van der Waals surface area contributed by atoms with Crippen LogP contribution in [0.5, 0.6) is 0 Å². The molecule has 1 aromatic rings. The lowest BCUT2D eigenvalue weighted by Gasteiger charge is -2.27. The van der Waals surface area contributed by atoms with Gasteiger partial charge in [0.15, 0.2) is 0 Å². The number of amides is 1. The number of carbonyl (C=O) groups excluding carboxylic acids is 1. The maximum Gasteiger partial charge on any atom is 0.253 e. The molecule has 1 saturated heterocycles. The van der Waals surface area contributed by atoms with Crippen molar-refractivity contribution >= 4 is 17.7 Å². The van der Waals surface area contributed by atoms with Crippen molar-refractivity contribution in [1.82, 2.24) is 10.2 Å². The fourth-order valence-electron chi connectivity index (χ4n) is 1.78. The maximum atomic E-state index is 12.1. The first-order valence-electron chi connectivity index (χ1n) is 5.45. The highest BCUT2D eigenvalue weighted by atomic mass is 32.2. The number of hydrogen-bond acceptors (Lipinski definition) is 3. The third-order valence-electron chi connectivity index (χ3n) is 2.74. The van der Waals surface area contributed by atoms with Gasteiger partial charge in [0.05, 0.1) is 0 Å². The molecule has 0 radical (unpaired) electrons. The Labute approximate surface area is 100 Å². The van der Waals surface area contributed by atoms with E-state index in [9.17, 15) is 4.79 Å². The van der Waals surface area contributed by atoms with Gasteiger partial charge >= 0.3 is 0 Å². The minimum Gasteiger partial charge on any atom is -0.336 e. The van der Waals surface area contributed by atoms with Gasteiger partial charge in [0, 0.05) is 36.6 Å². The maximum absolute atomic E-state index is 12.1. The van der Waals surface area contributed by atoms with Gasteiger partial charge in [-0.1, -0.05) is 0 Å². The first-order valence-corrected chi connectivity index (χ1v) is 6.68.